The van der Waals surface area contributed by atoms with Gasteiger partial charge in [-0.25, -0.2) is 0 Å². The van der Waals surface area contributed by atoms with E-state index in [1.54, 1.807) is 0 Å². The lowest BCUT2D eigenvalue weighted by Crippen LogP contribution is -2.33. The van der Waals surface area contributed by atoms with Crippen molar-refractivity contribution >= 4 is 12.6 Å². The van der Waals surface area contributed by atoms with Crippen LogP contribution in [0.2, 0.25) is 0 Å². The van der Waals surface area contributed by atoms with Crippen LogP contribution in [0.5, 0.6) is 0 Å². The van der Waals surface area contributed by atoms with Crippen LogP contribution >= 0.6 is 12.6 Å². The molecule has 1 aliphatic carbocycles. The molecular formula is C10H20OS. The monoisotopic (exact) mass is 188 g/mol. The van der Waals surface area contributed by atoms with Crippen LogP contribution in [0.25, 0.3) is 0 Å². The first-order chi connectivity index (χ1) is 5.65. The van der Waals surface area contributed by atoms with Crippen LogP contribution in [0.15, 0.2) is 0 Å². The fourth-order valence-corrected chi connectivity index (χ4v) is 2.44. The number of aliphatic hydroxyl groups is 1. The molecule has 0 bridgehead atoms. The molecule has 1 nitrogen and oxygen atoms in total. The first kappa shape index (κ1) is 10.4. The van der Waals surface area contributed by atoms with E-state index >= 15 is 0 Å². The molecule has 4 unspecified atom stereocenters. The Kier molecular flexibility index (Phi) is 3.91. The van der Waals surface area contributed by atoms with E-state index in [2.05, 4.69) is 26.5 Å². The van der Waals surface area contributed by atoms with Gasteiger partial charge >= 0.3 is 0 Å². The molecule has 1 saturated carbocycles. The van der Waals surface area contributed by atoms with E-state index in [0.717, 1.165) is 12.2 Å². The van der Waals surface area contributed by atoms with Crippen molar-refractivity contribution in [3.05, 3.63) is 0 Å². The van der Waals surface area contributed by atoms with Gasteiger partial charge in [0.15, 0.2) is 0 Å². The Morgan fingerprint density at radius 2 is 2.17 bits per heavy atom. The van der Waals surface area contributed by atoms with Gasteiger partial charge in [0.05, 0.1) is 6.10 Å². The van der Waals surface area contributed by atoms with Crippen molar-refractivity contribution in [2.24, 2.45) is 17.8 Å². The highest BCUT2D eigenvalue weighted by atomic mass is 32.1. The topological polar surface area (TPSA) is 20.2 Å². The molecule has 0 amide bonds. The molecular weight excluding hydrogens is 168 g/mol. The Bertz CT molecular complexity index is 138. The molecule has 72 valence electrons. The Morgan fingerprint density at radius 1 is 1.50 bits per heavy atom. The summed E-state index contributed by atoms with van der Waals surface area (Å²) in [4.78, 5) is 0. The Hall–Kier alpha value is 0.310. The van der Waals surface area contributed by atoms with Crippen LogP contribution in [0.3, 0.4) is 0 Å². The van der Waals surface area contributed by atoms with Crippen LogP contribution in [-0.2, 0) is 0 Å². The SMILES string of the molecule is CC1CCC(C(C)CS)C(O)C1. The summed E-state index contributed by atoms with van der Waals surface area (Å²) in [7, 11) is 0. The zero-order chi connectivity index (χ0) is 9.14. The van der Waals surface area contributed by atoms with Crippen molar-refractivity contribution in [3.63, 3.8) is 0 Å². The zero-order valence-corrected chi connectivity index (χ0v) is 8.93. The summed E-state index contributed by atoms with van der Waals surface area (Å²) in [5, 5.41) is 9.81. The van der Waals surface area contributed by atoms with Gasteiger partial charge in [-0.15, -0.1) is 0 Å². The van der Waals surface area contributed by atoms with Gasteiger partial charge in [0.2, 0.25) is 0 Å². The third-order valence-electron chi connectivity index (χ3n) is 3.15. The summed E-state index contributed by atoms with van der Waals surface area (Å²) in [5.74, 6) is 2.67. The zero-order valence-electron chi connectivity index (χ0n) is 8.03. The van der Waals surface area contributed by atoms with Crippen LogP contribution in [0, 0.1) is 17.8 Å². The van der Waals surface area contributed by atoms with Crippen molar-refractivity contribution in [1.29, 1.82) is 0 Å². The number of thiol groups is 1. The Morgan fingerprint density at radius 3 is 2.67 bits per heavy atom. The van der Waals surface area contributed by atoms with E-state index in [1.165, 1.54) is 12.8 Å². The average molecular weight is 188 g/mol. The predicted octanol–water partition coefficient (Wildman–Crippen LogP) is 2.35. The van der Waals surface area contributed by atoms with Crippen molar-refractivity contribution in [2.45, 2.75) is 39.2 Å². The van der Waals surface area contributed by atoms with Crippen molar-refractivity contribution < 1.29 is 5.11 Å². The summed E-state index contributed by atoms with van der Waals surface area (Å²) in [6, 6.07) is 0. The molecule has 0 aromatic carbocycles. The third kappa shape index (κ3) is 2.40. The number of aliphatic hydroxyl groups excluding tert-OH is 1. The van der Waals surface area contributed by atoms with Crippen LogP contribution in [-0.4, -0.2) is 17.0 Å². The molecule has 1 aliphatic rings. The lowest BCUT2D eigenvalue weighted by Gasteiger charge is -2.34. The minimum Gasteiger partial charge on any atom is -0.393 e. The molecule has 0 saturated heterocycles. The minimum atomic E-state index is -0.0732. The van der Waals surface area contributed by atoms with Gasteiger partial charge < -0.3 is 5.11 Å². The molecule has 12 heavy (non-hydrogen) atoms. The third-order valence-corrected chi connectivity index (χ3v) is 3.73. The van der Waals surface area contributed by atoms with Crippen LogP contribution < -0.4 is 0 Å². The highest BCUT2D eigenvalue weighted by Gasteiger charge is 2.29. The fraction of sp³-hybridized carbons (Fsp3) is 1.00. The van der Waals surface area contributed by atoms with E-state index < -0.39 is 0 Å². The molecule has 0 aromatic heterocycles. The Balaban J connectivity index is 2.44. The van der Waals surface area contributed by atoms with Crippen molar-refractivity contribution in [2.75, 3.05) is 5.75 Å². The summed E-state index contributed by atoms with van der Waals surface area (Å²) in [6.45, 7) is 4.42. The summed E-state index contributed by atoms with van der Waals surface area (Å²) in [5.41, 5.74) is 0. The molecule has 1 rings (SSSR count). The highest BCUT2D eigenvalue weighted by molar-refractivity contribution is 7.80. The maximum atomic E-state index is 9.81. The molecule has 0 spiro atoms. The highest BCUT2D eigenvalue weighted by Crippen LogP contribution is 2.33. The second-order valence-electron chi connectivity index (χ2n) is 4.31. The average Bonchev–Trinajstić information content (AvgIpc) is 2.03. The van der Waals surface area contributed by atoms with E-state index in [0.29, 0.717) is 17.8 Å². The van der Waals surface area contributed by atoms with E-state index in [9.17, 15) is 5.11 Å². The lowest BCUT2D eigenvalue weighted by atomic mass is 9.75. The maximum absolute atomic E-state index is 9.81. The normalized spacial score (nSPS) is 39.5. The molecule has 4 atom stereocenters. The molecule has 0 radical (unpaired) electrons. The number of hydrogen-bond acceptors (Lipinski definition) is 2. The second kappa shape index (κ2) is 4.52. The first-order valence-corrected chi connectivity index (χ1v) is 5.57. The predicted molar refractivity (Wildman–Crippen MR) is 55.5 cm³/mol. The van der Waals surface area contributed by atoms with Gasteiger partial charge in [0.1, 0.15) is 0 Å². The van der Waals surface area contributed by atoms with Gasteiger partial charge in [-0.3, -0.25) is 0 Å². The maximum Gasteiger partial charge on any atom is 0.0573 e. The lowest BCUT2D eigenvalue weighted by molar-refractivity contribution is 0.0276. The standard InChI is InChI=1S/C10H20OS/c1-7-3-4-9(8(2)6-12)10(11)5-7/h7-12H,3-6H2,1-2H3. The summed E-state index contributed by atoms with van der Waals surface area (Å²) in [6.07, 6.45) is 3.38. The number of hydrogen-bond donors (Lipinski definition) is 2. The van der Waals surface area contributed by atoms with Crippen LogP contribution in [0.1, 0.15) is 33.1 Å². The summed E-state index contributed by atoms with van der Waals surface area (Å²) < 4.78 is 0. The largest absolute Gasteiger partial charge is 0.393 e. The van der Waals surface area contributed by atoms with Crippen molar-refractivity contribution in [3.8, 4) is 0 Å². The van der Waals surface area contributed by atoms with Gasteiger partial charge in [0, 0.05) is 0 Å². The molecule has 0 aromatic rings. The van der Waals surface area contributed by atoms with Crippen molar-refractivity contribution in [1.82, 2.24) is 0 Å². The smallest absolute Gasteiger partial charge is 0.0573 e. The van der Waals surface area contributed by atoms with Gasteiger partial charge in [-0.05, 0) is 36.3 Å². The fourth-order valence-electron chi connectivity index (χ4n) is 2.17. The second-order valence-corrected chi connectivity index (χ2v) is 4.67. The van der Waals surface area contributed by atoms with E-state index in [1.807, 2.05) is 0 Å². The molecule has 0 heterocycles. The molecule has 0 aliphatic heterocycles. The molecule has 1 N–H and O–H groups in total. The quantitative estimate of drug-likeness (QED) is 0.637. The van der Waals surface area contributed by atoms with Crippen LogP contribution in [0.4, 0.5) is 0 Å². The van der Waals surface area contributed by atoms with E-state index in [-0.39, 0.29) is 6.10 Å². The van der Waals surface area contributed by atoms with E-state index in [4.69, 9.17) is 0 Å². The summed E-state index contributed by atoms with van der Waals surface area (Å²) >= 11 is 4.28. The van der Waals surface area contributed by atoms with Gasteiger partial charge in [-0.1, -0.05) is 20.3 Å². The minimum absolute atomic E-state index is 0.0732. The van der Waals surface area contributed by atoms with Gasteiger partial charge in [0.25, 0.3) is 0 Å². The van der Waals surface area contributed by atoms with Gasteiger partial charge in [-0.2, -0.15) is 12.6 Å². The molecule has 2 heteroatoms. The number of rotatable bonds is 2. The molecule has 1 fully saturated rings. The first-order valence-electron chi connectivity index (χ1n) is 4.94. The Labute approximate surface area is 81.0 Å².